The molecule has 3 N–H and O–H groups in total. The Balaban J connectivity index is 1.48. The molecule has 1 aliphatic carbocycles. The van der Waals surface area contributed by atoms with Crippen molar-refractivity contribution in [3.63, 3.8) is 0 Å². The second-order valence-corrected chi connectivity index (χ2v) is 11.1. The number of benzene rings is 1. The minimum absolute atomic E-state index is 0.00748. The van der Waals surface area contributed by atoms with Gasteiger partial charge in [0, 0.05) is 51.4 Å². The fourth-order valence-corrected chi connectivity index (χ4v) is 6.21. The zero-order valence-electron chi connectivity index (χ0n) is 22.6. The van der Waals surface area contributed by atoms with Gasteiger partial charge in [0.15, 0.2) is 0 Å². The van der Waals surface area contributed by atoms with Crippen LogP contribution in [0.25, 0.3) is 0 Å². The Morgan fingerprint density at radius 1 is 1.03 bits per heavy atom. The number of nitrogens with one attached hydrogen (secondary N) is 1. The Labute approximate surface area is 221 Å². The molecule has 2 aromatic rings. The average molecular weight is 512 g/mol. The van der Waals surface area contributed by atoms with E-state index in [0.29, 0.717) is 37.1 Å². The number of ether oxygens (including phenoxy) is 2. The normalized spacial score (nSPS) is 21.6. The van der Waals surface area contributed by atoms with Gasteiger partial charge in [0.25, 0.3) is 10.9 Å². The van der Waals surface area contributed by atoms with Crippen LogP contribution in [0.1, 0.15) is 76.4 Å². The molecule has 204 valence electrons. The SMILES string of the molecule is COCCCO[C@@H](c1ccccc1)C1CCCN(c2c(N[C@@H](CC3CCCCC3)[C@@H](C)N)c(=O)c2=O)C1. The molecule has 1 saturated heterocycles. The Hall–Kier alpha value is -2.22. The van der Waals surface area contributed by atoms with Crippen LogP contribution in [0.5, 0.6) is 0 Å². The Bertz CT molecular complexity index is 1030. The van der Waals surface area contributed by atoms with E-state index in [1.165, 1.54) is 32.1 Å². The molecule has 1 unspecified atom stereocenters. The van der Waals surface area contributed by atoms with Crippen molar-refractivity contribution in [3.05, 3.63) is 56.3 Å². The number of anilines is 2. The molecule has 2 aliphatic rings. The Morgan fingerprint density at radius 2 is 1.78 bits per heavy atom. The van der Waals surface area contributed by atoms with E-state index in [9.17, 15) is 9.59 Å². The maximum absolute atomic E-state index is 12.8. The van der Waals surface area contributed by atoms with Gasteiger partial charge in [0.2, 0.25) is 0 Å². The number of hydrogen-bond donors (Lipinski definition) is 2. The van der Waals surface area contributed by atoms with Crippen LogP contribution in [0.4, 0.5) is 11.4 Å². The molecule has 7 heteroatoms. The van der Waals surface area contributed by atoms with E-state index < -0.39 is 5.43 Å². The van der Waals surface area contributed by atoms with E-state index in [2.05, 4.69) is 22.3 Å². The van der Waals surface area contributed by atoms with Crippen molar-refractivity contribution < 1.29 is 9.47 Å². The highest BCUT2D eigenvalue weighted by Crippen LogP contribution is 2.36. The fourth-order valence-electron chi connectivity index (χ4n) is 6.21. The number of rotatable bonds is 13. The number of nitrogens with zero attached hydrogens (tertiary/aromatic N) is 1. The third-order valence-corrected chi connectivity index (χ3v) is 8.28. The van der Waals surface area contributed by atoms with E-state index in [0.717, 1.165) is 37.8 Å². The van der Waals surface area contributed by atoms with E-state index in [1.54, 1.807) is 7.11 Å². The summed E-state index contributed by atoms with van der Waals surface area (Å²) in [6.07, 6.45) is 9.99. The third kappa shape index (κ3) is 7.01. The summed E-state index contributed by atoms with van der Waals surface area (Å²) >= 11 is 0. The van der Waals surface area contributed by atoms with Gasteiger partial charge in [-0.1, -0.05) is 62.4 Å². The van der Waals surface area contributed by atoms with Crippen molar-refractivity contribution >= 4 is 11.4 Å². The van der Waals surface area contributed by atoms with Crippen LogP contribution in [-0.4, -0.2) is 45.5 Å². The van der Waals surface area contributed by atoms with E-state index >= 15 is 0 Å². The largest absolute Gasteiger partial charge is 0.385 e. The molecule has 4 atom stereocenters. The molecule has 4 rings (SSSR count). The summed E-state index contributed by atoms with van der Waals surface area (Å²) in [4.78, 5) is 27.7. The second kappa shape index (κ2) is 13.5. The van der Waals surface area contributed by atoms with Gasteiger partial charge in [0.05, 0.1) is 6.10 Å². The number of hydrogen-bond acceptors (Lipinski definition) is 7. The predicted octanol–water partition coefficient (Wildman–Crippen LogP) is 4.39. The molecule has 0 radical (unpaired) electrons. The fraction of sp³-hybridized carbons (Fsp3) is 0.667. The van der Waals surface area contributed by atoms with Gasteiger partial charge in [-0.2, -0.15) is 0 Å². The Kier molecular flexibility index (Phi) is 10.2. The van der Waals surface area contributed by atoms with Crippen LogP contribution < -0.4 is 26.8 Å². The van der Waals surface area contributed by atoms with E-state index in [4.69, 9.17) is 15.2 Å². The molecule has 2 fully saturated rings. The lowest BCUT2D eigenvalue weighted by Gasteiger charge is -2.39. The zero-order valence-corrected chi connectivity index (χ0v) is 22.6. The highest BCUT2D eigenvalue weighted by Gasteiger charge is 2.35. The summed E-state index contributed by atoms with van der Waals surface area (Å²) in [5.74, 6) is 0.857. The molecular weight excluding hydrogens is 466 g/mol. The molecule has 0 aromatic heterocycles. The quantitative estimate of drug-likeness (QED) is 0.304. The van der Waals surface area contributed by atoms with Gasteiger partial charge < -0.3 is 25.4 Å². The second-order valence-electron chi connectivity index (χ2n) is 11.1. The lowest BCUT2D eigenvalue weighted by Crippen LogP contribution is -2.50. The summed E-state index contributed by atoms with van der Waals surface area (Å²) in [5, 5.41) is 3.45. The van der Waals surface area contributed by atoms with Crippen LogP contribution in [0.3, 0.4) is 0 Å². The van der Waals surface area contributed by atoms with Crippen LogP contribution in [0.2, 0.25) is 0 Å². The lowest BCUT2D eigenvalue weighted by molar-refractivity contribution is -0.00235. The number of piperidine rings is 1. The van der Waals surface area contributed by atoms with Gasteiger partial charge >= 0.3 is 0 Å². The van der Waals surface area contributed by atoms with Crippen LogP contribution in [0.15, 0.2) is 39.9 Å². The molecular formula is C30H45N3O4. The summed E-state index contributed by atoms with van der Waals surface area (Å²) in [5.41, 5.74) is 7.76. The topological polar surface area (TPSA) is 93.9 Å². The first-order valence-electron chi connectivity index (χ1n) is 14.3. The predicted molar refractivity (Wildman–Crippen MR) is 150 cm³/mol. The molecule has 1 saturated carbocycles. The van der Waals surface area contributed by atoms with Crippen molar-refractivity contribution in [1.82, 2.24) is 0 Å². The first-order chi connectivity index (χ1) is 18.0. The van der Waals surface area contributed by atoms with Crippen molar-refractivity contribution in [2.24, 2.45) is 17.6 Å². The molecule has 0 spiro atoms. The smallest absolute Gasteiger partial charge is 0.253 e. The highest BCUT2D eigenvalue weighted by atomic mass is 16.5. The molecule has 0 bridgehead atoms. The van der Waals surface area contributed by atoms with Crippen molar-refractivity contribution in [1.29, 1.82) is 0 Å². The van der Waals surface area contributed by atoms with Crippen molar-refractivity contribution in [3.8, 4) is 0 Å². The van der Waals surface area contributed by atoms with Crippen molar-refractivity contribution in [2.45, 2.75) is 82.9 Å². The summed E-state index contributed by atoms with van der Waals surface area (Å²) < 4.78 is 11.6. The minimum atomic E-state index is -0.401. The first kappa shape index (κ1) is 27.8. The summed E-state index contributed by atoms with van der Waals surface area (Å²) in [6.45, 7) is 4.74. The Morgan fingerprint density at radius 3 is 2.49 bits per heavy atom. The monoisotopic (exact) mass is 511 g/mol. The number of methoxy groups -OCH3 is 1. The van der Waals surface area contributed by atoms with Gasteiger partial charge in [-0.25, -0.2) is 0 Å². The van der Waals surface area contributed by atoms with Gasteiger partial charge in [0.1, 0.15) is 11.4 Å². The average Bonchev–Trinajstić information content (AvgIpc) is 2.93. The molecule has 2 aromatic carbocycles. The third-order valence-electron chi connectivity index (χ3n) is 8.28. The maximum atomic E-state index is 12.8. The summed E-state index contributed by atoms with van der Waals surface area (Å²) in [7, 11) is 1.70. The molecule has 0 amide bonds. The molecule has 37 heavy (non-hydrogen) atoms. The molecule has 1 aliphatic heterocycles. The summed E-state index contributed by atoms with van der Waals surface area (Å²) in [6, 6.07) is 10.2. The molecule has 1 heterocycles. The standard InChI is InChI=1S/C30H45N3O4/c1-21(31)25(19-22-11-5-3-6-12-22)32-26-27(29(35)28(26)34)33-16-9-15-24(20-33)30(37-18-10-17-36-2)23-13-7-4-8-14-23/h4,7-8,13-14,21-22,24-25,30,32H,3,5-6,9-12,15-20,31H2,1-2H3/t21-,24?,25+,30+/m1/s1. The zero-order chi connectivity index (χ0) is 26.2. The first-order valence-corrected chi connectivity index (χ1v) is 14.3. The van der Waals surface area contributed by atoms with Crippen LogP contribution >= 0.6 is 0 Å². The lowest BCUT2D eigenvalue weighted by atomic mass is 9.83. The number of nitrogens with two attached hydrogens (primary N) is 1. The maximum Gasteiger partial charge on any atom is 0.253 e. The minimum Gasteiger partial charge on any atom is -0.385 e. The van der Waals surface area contributed by atoms with Crippen molar-refractivity contribution in [2.75, 3.05) is 43.6 Å². The van der Waals surface area contributed by atoms with Gasteiger partial charge in [-0.3, -0.25) is 9.59 Å². The molecule has 7 nitrogen and oxygen atoms in total. The van der Waals surface area contributed by atoms with Gasteiger partial charge in [-0.05, 0) is 44.1 Å². The van der Waals surface area contributed by atoms with Crippen LogP contribution in [0, 0.1) is 11.8 Å². The van der Waals surface area contributed by atoms with E-state index in [-0.39, 0.29) is 29.5 Å². The van der Waals surface area contributed by atoms with Gasteiger partial charge in [-0.15, -0.1) is 0 Å². The highest BCUT2D eigenvalue weighted by molar-refractivity contribution is 5.75. The van der Waals surface area contributed by atoms with E-state index in [1.807, 2.05) is 25.1 Å². The van der Waals surface area contributed by atoms with Crippen LogP contribution in [-0.2, 0) is 9.47 Å².